The smallest absolute Gasteiger partial charge is 0.246 e. The van der Waals surface area contributed by atoms with E-state index in [1.54, 1.807) is 14.0 Å². The van der Waals surface area contributed by atoms with Gasteiger partial charge in [0.05, 0.1) is 56.4 Å². The first-order chi connectivity index (χ1) is 67.5. The van der Waals surface area contributed by atoms with Gasteiger partial charge in [-0.15, -0.1) is 0 Å². The molecule has 0 bridgehead atoms. The minimum Gasteiger partial charge on any atom is -0.484 e. The largest absolute Gasteiger partial charge is 0.484 e. The molecule has 142 heavy (non-hydrogen) atoms. The number of nitrogens with one attached hydrogen (secondary N) is 11. The van der Waals surface area contributed by atoms with E-state index >= 15 is 0 Å². The van der Waals surface area contributed by atoms with E-state index in [-0.39, 0.29) is 122 Å². The number of Topliss-reactive ketones (excluding diaryl/α,β-unsaturated/α-hetero) is 3. The lowest BCUT2D eigenvalue weighted by Gasteiger charge is -2.08. The number of unbranched alkanes of at least 4 members (excludes halogenated alkanes) is 22. The molecule has 0 aromatic rings. The molecule has 0 saturated heterocycles. The molecule has 10 amide bonds. The van der Waals surface area contributed by atoms with Gasteiger partial charge in [0.1, 0.15) is 43.8 Å². The van der Waals surface area contributed by atoms with E-state index in [1.165, 1.54) is 57.8 Å². The van der Waals surface area contributed by atoms with Crippen molar-refractivity contribution in [2.24, 2.45) is 11.8 Å². The molecule has 0 heterocycles. The highest BCUT2D eigenvalue weighted by molar-refractivity contribution is 5.81. The van der Waals surface area contributed by atoms with Crippen LogP contribution in [0, 0.1) is 17.2 Å². The zero-order chi connectivity index (χ0) is 109. The molecule has 0 aliphatic heterocycles. The van der Waals surface area contributed by atoms with Crippen molar-refractivity contribution in [3.05, 3.63) is 0 Å². The van der Waals surface area contributed by atoms with Crippen LogP contribution in [0.4, 0.5) is 0 Å². The molecule has 0 aliphatic carbocycles. The van der Waals surface area contributed by atoms with Gasteiger partial charge in [0, 0.05) is 162 Å². The summed E-state index contributed by atoms with van der Waals surface area (Å²) in [6.07, 6.45) is 43.1. The van der Waals surface area contributed by atoms with E-state index in [4.69, 9.17) is 43.3 Å². The highest BCUT2D eigenvalue weighted by atomic mass is 16.5. The number of ether oxygens (including phenoxy) is 8. The van der Waals surface area contributed by atoms with Crippen LogP contribution in [0.1, 0.15) is 456 Å². The average Bonchev–Trinajstić information content (AvgIpc) is 0.974. The van der Waals surface area contributed by atoms with Crippen molar-refractivity contribution in [2.75, 3.05) is 119 Å². The van der Waals surface area contributed by atoms with Crippen LogP contribution in [-0.2, 0) is 100 Å². The number of hydrogen-bond donors (Lipinski definition) is 11. The zero-order valence-electron chi connectivity index (χ0n) is 95.7. The summed E-state index contributed by atoms with van der Waals surface area (Å²) < 4.78 is 41.5. The Bertz CT molecular complexity index is 2920. The van der Waals surface area contributed by atoms with Gasteiger partial charge < -0.3 is 91.1 Å². The third-order valence-corrected chi connectivity index (χ3v) is 20.4. The van der Waals surface area contributed by atoms with Crippen LogP contribution >= 0.6 is 0 Å². The Morgan fingerprint density at radius 2 is 0.415 bits per heavy atom. The van der Waals surface area contributed by atoms with Crippen molar-refractivity contribution in [2.45, 2.75) is 499 Å². The Hall–Kier alpha value is -7.10. The van der Waals surface area contributed by atoms with Crippen LogP contribution in [0.2, 0.25) is 0 Å². The van der Waals surface area contributed by atoms with Crippen molar-refractivity contribution in [1.82, 2.24) is 53.2 Å². The van der Waals surface area contributed by atoms with Crippen molar-refractivity contribution in [3.8, 4) is 0 Å². The van der Waals surface area contributed by atoms with Crippen LogP contribution in [0.3, 0.4) is 0 Å². The molecule has 0 aliphatic rings. The summed E-state index contributed by atoms with van der Waals surface area (Å²) >= 11 is 0. The van der Waals surface area contributed by atoms with Gasteiger partial charge in [0.2, 0.25) is 59.1 Å². The molecule has 0 unspecified atom stereocenters. The molecule has 0 atom stereocenters. The fourth-order valence-corrected chi connectivity index (χ4v) is 11.4. The Labute approximate surface area is 866 Å². The number of methoxy groups -OCH3 is 1. The number of rotatable bonds is 81. The minimum atomic E-state index is -0.115. The molecule has 11 N–H and O–H groups in total. The predicted octanol–water partition coefficient (Wildman–Crippen LogP) is 19.6. The second-order valence-electron chi connectivity index (χ2n) is 37.6. The Morgan fingerprint density at radius 3 is 0.676 bits per heavy atom. The summed E-state index contributed by atoms with van der Waals surface area (Å²) in [4.78, 5) is 144. The maximum Gasteiger partial charge on any atom is 0.246 e. The lowest BCUT2D eigenvalue weighted by Crippen LogP contribution is -2.32. The molecule has 0 aromatic heterocycles. The van der Waals surface area contributed by atoms with E-state index < -0.39 is 0 Å². The molecule has 0 rings (SSSR count). The van der Waals surface area contributed by atoms with E-state index in [2.05, 4.69) is 80.9 Å². The minimum absolute atomic E-state index is 0.0365. The third-order valence-electron chi connectivity index (χ3n) is 20.4. The monoisotopic (exact) mass is 2030 g/mol. The molecule has 0 spiro atoms. The Kier molecular flexibility index (Phi) is 130. The van der Waals surface area contributed by atoms with Gasteiger partial charge in [-0.2, -0.15) is 0 Å². The molecule has 0 radical (unpaired) electrons. The summed E-state index contributed by atoms with van der Waals surface area (Å²) in [6.45, 7) is 60.4. The fourth-order valence-electron chi connectivity index (χ4n) is 11.4. The highest BCUT2D eigenvalue weighted by Gasteiger charge is 2.11. The SMILES string of the molecule is CCC(=O)CCCCCCCNC(=O)COC(C)C.CCC(=O)CCCCCNC(=O)COC(C)C.CCC(=O)NCCCCCCCC(=O)C(C)C.CCC(=O)NCCCCCCOC(C)C.CCC(=O)NCCCCCNC(=O)COC(C)C.CCC(=O)NCCCCOC(C)C.CCC(=O)NCCCNC(=O)COC(C)C.CCC(=O)NCCOC(C)C.COC(=N)CCCCCCCCCC(C)C. The van der Waals surface area contributed by atoms with Gasteiger partial charge in [-0.05, 0) is 199 Å². The number of hydrogen-bond acceptors (Lipinski definition) is 22. The van der Waals surface area contributed by atoms with Crippen molar-refractivity contribution >= 4 is 82.3 Å². The van der Waals surface area contributed by atoms with Crippen LogP contribution < -0.4 is 53.2 Å². The molecule has 0 fully saturated rings. The molecular weight excluding hydrogens is 1810 g/mol. The summed E-state index contributed by atoms with van der Waals surface area (Å²) in [5.41, 5.74) is 0. The topological polar surface area (TPSA) is 440 Å². The van der Waals surface area contributed by atoms with Crippen molar-refractivity contribution in [1.29, 1.82) is 5.41 Å². The summed E-state index contributed by atoms with van der Waals surface area (Å²) in [7, 11) is 1.58. The fraction of sp³-hybridized carbons (Fsp3) is 0.873. The van der Waals surface area contributed by atoms with Gasteiger partial charge in [-0.25, -0.2) is 0 Å². The molecule has 32 nitrogen and oxygen atoms in total. The standard InChI is InChI=1S/C15H29NO3.C14H27NO2.C14H29NO.C13H26N2O3.C13H25NO3.C12H25NO2.C11H22N2O3.C10H21NO2.C8H17NO2/c1-4-14(17)10-8-6-5-7-9-11-16-15(18)12-19-13(2)3;1-4-14(17)15-11-9-7-5-6-8-10-13(16)12(2)3;1-13(2)11-9-7-5-4-6-8-10-12-14(15)16-3;1-4-12(16)14-8-6-5-7-9-15-13(17)10-18-11(2)3;1-4-12(15)8-6-5-7-9-14-13(16)10-17-11(2)3;1-4-12(14)13-9-7-5-6-8-10-15-11(2)3;1-4-10(14)12-6-5-7-13-11(15)8-16-9(2)3;1-4-10(12)11-7-5-6-8-13-9(2)3;1-4-8(10)9-5-6-11-7(2)3/h13H,4-12H2,1-3H3,(H,16,18);12H,4-11H2,1-3H3,(H,15,17);13,15H,4-12H2,1-3H3;11H,4-10H2,1-3H3,(H,14,16)(H,15,17);11H,4-10H2,1-3H3,(H,14,16);11H,4-10H2,1-3H3,(H,13,14);9H,4-8H2,1-3H3,(H,12,14)(H,13,15);9H,4-8H2,1-3H3,(H,11,12);7H,4-6H2,1-3H3,(H,9,10). The first-order valence-electron chi connectivity index (χ1n) is 55.1. The second-order valence-corrected chi connectivity index (χ2v) is 37.6. The first kappa shape index (κ1) is 153. The second kappa shape index (κ2) is 121. The predicted molar refractivity (Wildman–Crippen MR) is 581 cm³/mol. The average molecular weight is 2030 g/mol. The van der Waals surface area contributed by atoms with E-state index in [1.807, 2.05) is 145 Å². The van der Waals surface area contributed by atoms with Crippen LogP contribution in [-0.4, -0.2) is 244 Å². The van der Waals surface area contributed by atoms with Crippen LogP contribution in [0.15, 0.2) is 0 Å². The molecule has 0 saturated carbocycles. The van der Waals surface area contributed by atoms with Crippen LogP contribution in [0.25, 0.3) is 0 Å². The molecule has 32 heteroatoms. The van der Waals surface area contributed by atoms with Gasteiger partial charge in [-0.3, -0.25) is 67.7 Å². The van der Waals surface area contributed by atoms with Crippen LogP contribution in [0.5, 0.6) is 0 Å². The number of amides is 10. The maximum atomic E-state index is 11.3. The van der Waals surface area contributed by atoms with E-state index in [0.29, 0.717) is 139 Å². The number of carbonyl (C=O) groups excluding carboxylic acids is 13. The Balaban J connectivity index is -0.000000201. The quantitative estimate of drug-likeness (QED) is 0.0153. The first-order valence-corrected chi connectivity index (χ1v) is 55.1. The van der Waals surface area contributed by atoms with Gasteiger partial charge >= 0.3 is 0 Å². The maximum absolute atomic E-state index is 11.3. The zero-order valence-corrected chi connectivity index (χ0v) is 95.7. The van der Waals surface area contributed by atoms with E-state index in [0.717, 1.165) is 206 Å². The number of carbonyl (C=O) groups is 13. The summed E-state index contributed by atoms with van der Waals surface area (Å²) in [5.74, 6) is 2.86. The van der Waals surface area contributed by atoms with Crippen molar-refractivity contribution in [3.63, 3.8) is 0 Å². The van der Waals surface area contributed by atoms with Gasteiger partial charge in [-0.1, -0.05) is 186 Å². The molecule has 0 aromatic carbocycles. The molecular formula is C110H221N11O21. The lowest BCUT2D eigenvalue weighted by atomic mass is 10.0. The summed E-state index contributed by atoms with van der Waals surface area (Å²) in [6, 6.07) is 0. The van der Waals surface area contributed by atoms with E-state index in [9.17, 15) is 62.3 Å². The summed E-state index contributed by atoms with van der Waals surface area (Å²) in [5, 5.41) is 35.3. The lowest BCUT2D eigenvalue weighted by molar-refractivity contribution is -0.127. The van der Waals surface area contributed by atoms with Gasteiger partial charge in [0.15, 0.2) is 5.90 Å². The molecule has 842 valence electrons. The third kappa shape index (κ3) is 153. The Morgan fingerprint density at radius 1 is 0.211 bits per heavy atom. The normalized spacial score (nSPS) is 10.5. The number of ketones is 3. The van der Waals surface area contributed by atoms with Gasteiger partial charge in [0.25, 0.3) is 0 Å². The van der Waals surface area contributed by atoms with Crippen molar-refractivity contribution < 1.29 is 100 Å². The highest BCUT2D eigenvalue weighted by Crippen LogP contribution is 2.14.